The number of nitrogens with zero attached hydrogens (tertiary/aromatic N) is 4. The van der Waals surface area contributed by atoms with Gasteiger partial charge in [-0.25, -0.2) is 4.98 Å². The largest absolute Gasteiger partial charge is 0.481 e. The van der Waals surface area contributed by atoms with Gasteiger partial charge in [-0.2, -0.15) is 0 Å². The number of aromatic nitrogens is 2. The van der Waals surface area contributed by atoms with E-state index in [1.54, 1.807) is 44.2 Å². The molecule has 2 fully saturated rings. The van der Waals surface area contributed by atoms with E-state index in [4.69, 9.17) is 17.2 Å². The van der Waals surface area contributed by atoms with Crippen molar-refractivity contribution in [3.63, 3.8) is 0 Å². The number of benzene rings is 1. The molecule has 15 N–H and O–H groups in total. The number of rotatable bonds is 30. The number of imidazole rings is 1. The van der Waals surface area contributed by atoms with Crippen LogP contribution < -0.4 is 49.1 Å². The molecule has 3 heterocycles. The zero-order valence-corrected chi connectivity index (χ0v) is 44.3. The maximum absolute atomic E-state index is 14.3. The Morgan fingerprint density at radius 2 is 1.33 bits per heavy atom. The summed E-state index contributed by atoms with van der Waals surface area (Å²) in [5, 5.41) is 36.2. The van der Waals surface area contributed by atoms with Crippen molar-refractivity contribution < 1.29 is 53.4 Å². The van der Waals surface area contributed by atoms with Crippen LogP contribution in [0.15, 0.2) is 47.8 Å². The molecule has 0 radical (unpaired) electrons. The Morgan fingerprint density at radius 3 is 1.89 bits per heavy atom. The standard InChI is InChI=1S/C51H80N14O11/c1-6-7-16-33(52)49(75)64-21-12-18-39(64)48(74)61-36(23-29(2)3)44(70)60-37(24-32-26-55-28-57-32)45(71)62-38(27-66)46(72)58-34(17-11-20-56-51(53)54)43(69)63-42(30(4)5)50(76)65-22-13-19-40(65)47(73)59-35(25-41(67)68)31-14-9-8-10-15-31/h8-10,14-15,26,28-30,33-40,42,66H,6-7,11-13,16-25,27,52H2,1-5H3,(H,55,57)(H,58,72)(H,59,73)(H,60,70)(H,61,74)(H,62,71)(H,63,69)(H,67,68)(H4,53,54,56)/t33-,34-,35+,36-,37-,38-,39-,40-,42-/m0/s1. The monoisotopic (exact) mass is 1060 g/mol. The lowest BCUT2D eigenvalue weighted by molar-refractivity contribution is -0.143. The first-order valence-corrected chi connectivity index (χ1v) is 26.2. The van der Waals surface area contributed by atoms with Crippen LogP contribution in [0.25, 0.3) is 0 Å². The molecule has 0 aliphatic carbocycles. The molecule has 2 saturated heterocycles. The second kappa shape index (κ2) is 30.4. The van der Waals surface area contributed by atoms with E-state index < -0.39 is 121 Å². The number of nitrogens with one attached hydrogen (secondary N) is 7. The Morgan fingerprint density at radius 1 is 0.750 bits per heavy atom. The first kappa shape index (κ1) is 61.4. The minimum absolute atomic E-state index is 0.0442. The number of guanidine groups is 1. The van der Waals surface area contributed by atoms with Gasteiger partial charge in [-0.15, -0.1) is 0 Å². The Bertz CT molecular complexity index is 2300. The normalized spacial score (nSPS) is 18.1. The predicted octanol–water partition coefficient (Wildman–Crippen LogP) is -1.04. The highest BCUT2D eigenvalue weighted by Gasteiger charge is 2.42. The van der Waals surface area contributed by atoms with Crippen LogP contribution in [0.4, 0.5) is 0 Å². The smallest absolute Gasteiger partial charge is 0.305 e. The third-order valence-corrected chi connectivity index (χ3v) is 13.3. The van der Waals surface area contributed by atoms with Crippen molar-refractivity contribution in [3.8, 4) is 0 Å². The summed E-state index contributed by atoms with van der Waals surface area (Å²) in [5.74, 6) is -7.50. The van der Waals surface area contributed by atoms with Crippen molar-refractivity contribution in [2.45, 2.75) is 166 Å². The van der Waals surface area contributed by atoms with Crippen molar-refractivity contribution >= 4 is 59.2 Å². The highest BCUT2D eigenvalue weighted by Crippen LogP contribution is 2.24. The fraction of sp³-hybridized carbons (Fsp3) is 0.627. The van der Waals surface area contributed by atoms with E-state index in [9.17, 15) is 53.4 Å². The van der Waals surface area contributed by atoms with E-state index in [1.165, 1.54) is 22.3 Å². The summed E-state index contributed by atoms with van der Waals surface area (Å²) in [6, 6.07) is -1.75. The molecule has 0 unspecified atom stereocenters. The maximum atomic E-state index is 14.3. The third-order valence-electron chi connectivity index (χ3n) is 13.3. The van der Waals surface area contributed by atoms with Crippen LogP contribution in [0.5, 0.6) is 0 Å². The van der Waals surface area contributed by atoms with Gasteiger partial charge in [0.05, 0.1) is 31.4 Å². The molecule has 0 bridgehead atoms. The number of carboxylic acids is 1. The topological polar surface area (TPSA) is 392 Å². The number of aliphatic hydroxyl groups excluding tert-OH is 1. The van der Waals surface area contributed by atoms with Gasteiger partial charge >= 0.3 is 5.97 Å². The van der Waals surface area contributed by atoms with Crippen LogP contribution >= 0.6 is 0 Å². The quantitative estimate of drug-likeness (QED) is 0.0253. The van der Waals surface area contributed by atoms with Crippen LogP contribution in [-0.2, 0) is 49.6 Å². The summed E-state index contributed by atoms with van der Waals surface area (Å²) in [5.41, 5.74) is 18.2. The van der Waals surface area contributed by atoms with Gasteiger partial charge in [0.1, 0.15) is 42.3 Å². The molecule has 25 heteroatoms. The number of aliphatic carboxylic acids is 1. The van der Waals surface area contributed by atoms with E-state index in [-0.39, 0.29) is 63.0 Å². The predicted molar refractivity (Wildman–Crippen MR) is 280 cm³/mol. The van der Waals surface area contributed by atoms with Gasteiger partial charge in [-0.05, 0) is 68.8 Å². The number of carbonyl (C=O) groups excluding carboxylic acids is 8. The van der Waals surface area contributed by atoms with E-state index in [1.807, 2.05) is 20.8 Å². The van der Waals surface area contributed by atoms with Gasteiger partial charge in [0.2, 0.25) is 47.3 Å². The number of nitrogens with two attached hydrogens (primary N) is 3. The molecule has 25 nitrogen and oxygen atoms in total. The number of hydrogen-bond acceptors (Lipinski definition) is 13. The first-order valence-electron chi connectivity index (χ1n) is 26.2. The van der Waals surface area contributed by atoms with Crippen molar-refractivity contribution in [2.24, 2.45) is 34.0 Å². The molecule has 8 amide bonds. The van der Waals surface area contributed by atoms with E-state index >= 15 is 0 Å². The third kappa shape index (κ3) is 18.6. The lowest BCUT2D eigenvalue weighted by atomic mass is 10.00. The first-order chi connectivity index (χ1) is 36.1. The molecule has 0 spiro atoms. The molecule has 1 aromatic heterocycles. The Labute approximate surface area is 443 Å². The lowest BCUT2D eigenvalue weighted by Crippen LogP contribution is -2.61. The number of amides is 8. The number of hydrogen-bond donors (Lipinski definition) is 12. The van der Waals surface area contributed by atoms with E-state index in [2.05, 4.69) is 46.9 Å². The van der Waals surface area contributed by atoms with Gasteiger partial charge in [0.15, 0.2) is 5.96 Å². The molecule has 2 aliphatic heterocycles. The lowest BCUT2D eigenvalue weighted by Gasteiger charge is -2.32. The van der Waals surface area contributed by atoms with Crippen molar-refractivity contribution in [2.75, 3.05) is 26.2 Å². The number of aliphatic hydroxyl groups is 1. The summed E-state index contributed by atoms with van der Waals surface area (Å²) in [6.45, 7) is 8.64. The number of likely N-dealkylation sites (tertiary alicyclic amines) is 2. The van der Waals surface area contributed by atoms with E-state index in [0.29, 0.717) is 43.5 Å². The van der Waals surface area contributed by atoms with Crippen molar-refractivity contribution in [3.05, 3.63) is 54.1 Å². The number of carboxylic acid groups (broad SMARTS) is 1. The minimum Gasteiger partial charge on any atom is -0.481 e. The number of unbranched alkanes of at least 4 members (excludes halogenated alkanes) is 1. The minimum atomic E-state index is -1.69. The molecule has 4 rings (SSSR count). The molecule has 420 valence electrons. The highest BCUT2D eigenvalue weighted by atomic mass is 16.4. The van der Waals surface area contributed by atoms with Crippen LogP contribution in [0.1, 0.15) is 123 Å². The fourth-order valence-corrected chi connectivity index (χ4v) is 9.27. The van der Waals surface area contributed by atoms with Gasteiger partial charge in [-0.1, -0.05) is 77.8 Å². The number of aliphatic imine (C=N–C) groups is 1. The Balaban J connectivity index is 1.51. The molecular weight excluding hydrogens is 985 g/mol. The van der Waals surface area contributed by atoms with Gasteiger partial charge in [-0.3, -0.25) is 48.1 Å². The van der Waals surface area contributed by atoms with Crippen LogP contribution in [0.3, 0.4) is 0 Å². The fourth-order valence-electron chi connectivity index (χ4n) is 9.27. The van der Waals surface area contributed by atoms with Crippen molar-refractivity contribution in [1.29, 1.82) is 0 Å². The summed E-state index contributed by atoms with van der Waals surface area (Å²) >= 11 is 0. The summed E-state index contributed by atoms with van der Waals surface area (Å²) in [6.07, 6.45) is 6.16. The summed E-state index contributed by atoms with van der Waals surface area (Å²) in [4.78, 5) is 137. The van der Waals surface area contributed by atoms with Crippen molar-refractivity contribution in [1.82, 2.24) is 51.7 Å². The molecule has 0 saturated carbocycles. The molecule has 76 heavy (non-hydrogen) atoms. The van der Waals surface area contributed by atoms with Gasteiger partial charge < -0.3 is 74.1 Å². The number of carbonyl (C=O) groups is 9. The van der Waals surface area contributed by atoms with Gasteiger partial charge in [0.25, 0.3) is 0 Å². The number of H-pyrrole nitrogens is 1. The average molecular weight is 1070 g/mol. The average Bonchev–Trinajstić information content (AvgIpc) is 4.20. The van der Waals surface area contributed by atoms with Gasteiger partial charge in [0, 0.05) is 37.9 Å². The summed E-state index contributed by atoms with van der Waals surface area (Å²) < 4.78 is 0. The Hall–Kier alpha value is -7.15. The van der Waals surface area contributed by atoms with Crippen LogP contribution in [-0.4, -0.2) is 164 Å². The molecule has 9 atom stereocenters. The molecule has 2 aliphatic rings. The van der Waals surface area contributed by atoms with E-state index in [0.717, 1.165) is 12.8 Å². The second-order valence-corrected chi connectivity index (χ2v) is 20.2. The zero-order valence-electron chi connectivity index (χ0n) is 44.3. The molecule has 1 aromatic carbocycles. The number of aromatic amines is 1. The van der Waals surface area contributed by atoms with Crippen LogP contribution in [0, 0.1) is 11.8 Å². The maximum Gasteiger partial charge on any atom is 0.305 e. The molecule has 2 aromatic rings. The Kier molecular flexibility index (Phi) is 24.6. The SMILES string of the molecule is CCCC[C@H](N)C(=O)N1CCC[C@H]1C(=O)N[C@@H](CC(C)C)C(=O)N[C@@H](Cc1cnc[nH]1)C(=O)N[C@@H](CO)C(=O)N[C@@H](CCCN=C(N)N)C(=O)N[C@H](C(=O)N1CCC[C@H]1C(=O)N[C@H](CC(=O)O)c1ccccc1)C(C)C. The molecular formula is C51H80N14O11. The second-order valence-electron chi connectivity index (χ2n) is 20.2. The highest BCUT2D eigenvalue weighted by molar-refractivity contribution is 5.98. The summed E-state index contributed by atoms with van der Waals surface area (Å²) in [7, 11) is 0. The zero-order chi connectivity index (χ0) is 56.1. The van der Waals surface area contributed by atoms with Crippen LogP contribution in [0.2, 0.25) is 0 Å².